The Morgan fingerprint density at radius 3 is 2.40 bits per heavy atom. The Hall–Kier alpha value is -3.26. The van der Waals surface area contributed by atoms with Gasteiger partial charge in [-0.05, 0) is 42.8 Å². The van der Waals surface area contributed by atoms with Gasteiger partial charge in [-0.1, -0.05) is 29.8 Å². The number of nitrogens with one attached hydrogen (secondary N) is 2. The van der Waals surface area contributed by atoms with Crippen LogP contribution in [-0.4, -0.2) is 10.9 Å². The second kappa shape index (κ2) is 7.21. The molecule has 0 bridgehead atoms. The summed E-state index contributed by atoms with van der Waals surface area (Å²) in [5.74, 6) is 0.132. The number of pyridine rings is 1. The number of rotatable bonds is 2. The van der Waals surface area contributed by atoms with Crippen molar-refractivity contribution < 1.29 is 22.7 Å². The predicted octanol–water partition coefficient (Wildman–Crippen LogP) is 4.98. The monoisotopic (exact) mass is 434 g/mol. The molecule has 0 fully saturated rings. The highest BCUT2D eigenvalue weighted by molar-refractivity contribution is 6.30. The number of carbonyl (C=O) groups excluding carboxylic acids is 1. The molecule has 0 saturated heterocycles. The zero-order valence-corrected chi connectivity index (χ0v) is 16.2. The van der Waals surface area contributed by atoms with Gasteiger partial charge in [0.25, 0.3) is 11.5 Å². The largest absolute Gasteiger partial charge is 0.457 e. The number of hydrogen-bond acceptors (Lipinski definition) is 3. The van der Waals surface area contributed by atoms with Gasteiger partial charge in [0, 0.05) is 16.1 Å². The molecule has 2 aromatic carbocycles. The van der Waals surface area contributed by atoms with E-state index in [-0.39, 0.29) is 0 Å². The second-order valence-corrected chi connectivity index (χ2v) is 7.28. The first-order chi connectivity index (χ1) is 14.1. The minimum absolute atomic E-state index is 0.432. The molecule has 1 aliphatic rings. The van der Waals surface area contributed by atoms with Gasteiger partial charge in [-0.3, -0.25) is 9.59 Å². The van der Waals surface area contributed by atoms with Crippen molar-refractivity contribution in [3.05, 3.63) is 91.9 Å². The molecule has 1 aliphatic heterocycles. The van der Waals surface area contributed by atoms with Crippen LogP contribution in [0.15, 0.2) is 53.3 Å². The molecule has 1 unspecified atom stereocenters. The molecule has 0 radical (unpaired) electrons. The molecule has 0 spiro atoms. The summed E-state index contributed by atoms with van der Waals surface area (Å²) in [4.78, 5) is 26.6. The van der Waals surface area contributed by atoms with Gasteiger partial charge in [-0.2, -0.15) is 13.2 Å². The number of H-pyrrole nitrogens is 1. The second-order valence-electron chi connectivity index (χ2n) is 6.84. The highest BCUT2D eigenvalue weighted by Crippen LogP contribution is 2.44. The summed E-state index contributed by atoms with van der Waals surface area (Å²) >= 11 is 6.05. The lowest BCUT2D eigenvalue weighted by Gasteiger charge is -2.29. The molecular weight excluding hydrogens is 421 g/mol. The fourth-order valence-electron chi connectivity index (χ4n) is 3.27. The van der Waals surface area contributed by atoms with E-state index in [1.165, 1.54) is 0 Å². The van der Waals surface area contributed by atoms with E-state index in [0.29, 0.717) is 33.7 Å². The normalized spacial score (nSPS) is 15.0. The molecule has 5 nitrogen and oxygen atoms in total. The third-order valence-electron chi connectivity index (χ3n) is 4.72. The fraction of sp³-hybridized carbons (Fsp3) is 0.143. The number of alkyl halides is 3. The van der Waals surface area contributed by atoms with Crippen molar-refractivity contribution in [1.82, 2.24) is 10.3 Å². The topological polar surface area (TPSA) is 71.2 Å². The van der Waals surface area contributed by atoms with Gasteiger partial charge in [0.15, 0.2) is 0 Å². The van der Waals surface area contributed by atoms with E-state index in [4.69, 9.17) is 16.3 Å². The van der Waals surface area contributed by atoms with Crippen LogP contribution in [0, 0.1) is 6.92 Å². The minimum atomic E-state index is -4.72. The number of aryl methyl sites for hydroxylation is 1. The number of halogens is 4. The predicted molar refractivity (Wildman–Crippen MR) is 104 cm³/mol. The van der Waals surface area contributed by atoms with Crippen LogP contribution in [0.2, 0.25) is 5.02 Å². The van der Waals surface area contributed by atoms with Crippen LogP contribution in [-0.2, 0) is 6.18 Å². The Bertz CT molecular complexity index is 1170. The van der Waals surface area contributed by atoms with Crippen LogP contribution in [0.5, 0.6) is 11.5 Å². The Kier molecular flexibility index (Phi) is 4.82. The van der Waals surface area contributed by atoms with Crippen LogP contribution in [0.3, 0.4) is 0 Å². The lowest BCUT2D eigenvalue weighted by Crippen LogP contribution is -2.35. The lowest BCUT2D eigenvalue weighted by atomic mass is 9.93. The zero-order chi connectivity index (χ0) is 21.6. The highest BCUT2D eigenvalue weighted by Gasteiger charge is 2.33. The van der Waals surface area contributed by atoms with E-state index in [1.54, 1.807) is 35.3 Å². The average Bonchev–Trinajstić information content (AvgIpc) is 2.66. The van der Waals surface area contributed by atoms with Crippen LogP contribution >= 0.6 is 11.6 Å². The molecule has 0 saturated carbocycles. The SMILES string of the molecule is Cc1ccc2c(c1)Oc1cc(Cl)ccc1C2NC(=O)c1ccc(C(F)(F)F)[nH]c1=O. The average molecular weight is 435 g/mol. The van der Waals surface area contributed by atoms with E-state index in [0.717, 1.165) is 11.6 Å². The first-order valence-electron chi connectivity index (χ1n) is 8.83. The Morgan fingerprint density at radius 1 is 1.07 bits per heavy atom. The molecule has 154 valence electrons. The van der Waals surface area contributed by atoms with Crippen LogP contribution in [0.25, 0.3) is 0 Å². The first kappa shape index (κ1) is 20.0. The fourth-order valence-corrected chi connectivity index (χ4v) is 3.43. The van der Waals surface area contributed by atoms with E-state index in [9.17, 15) is 22.8 Å². The van der Waals surface area contributed by atoms with E-state index >= 15 is 0 Å². The van der Waals surface area contributed by atoms with Crippen molar-refractivity contribution in [3.63, 3.8) is 0 Å². The molecule has 30 heavy (non-hydrogen) atoms. The molecule has 2 N–H and O–H groups in total. The van der Waals surface area contributed by atoms with Crippen molar-refractivity contribution >= 4 is 17.5 Å². The third-order valence-corrected chi connectivity index (χ3v) is 4.96. The Balaban J connectivity index is 1.73. The first-order valence-corrected chi connectivity index (χ1v) is 9.20. The zero-order valence-electron chi connectivity index (χ0n) is 15.4. The number of hydrogen-bond donors (Lipinski definition) is 2. The molecule has 3 aromatic rings. The maximum absolute atomic E-state index is 12.8. The maximum atomic E-state index is 12.8. The summed E-state index contributed by atoms with van der Waals surface area (Å²) in [5.41, 5.74) is -0.604. The number of aromatic nitrogens is 1. The standard InChI is InChI=1S/C21H14ClF3N2O3/c1-10-2-4-12-15(8-10)30-16-9-11(22)3-5-13(16)18(12)27-20(29)14-6-7-17(21(23,24)25)26-19(14)28/h2-9,18H,1H3,(H,26,28)(H,27,29). The smallest absolute Gasteiger partial charge is 0.431 e. The van der Waals surface area contributed by atoms with Crippen molar-refractivity contribution in [1.29, 1.82) is 0 Å². The summed E-state index contributed by atoms with van der Waals surface area (Å²) in [7, 11) is 0. The van der Waals surface area contributed by atoms with E-state index in [1.807, 2.05) is 13.0 Å². The molecular formula is C21H14ClF3N2O3. The third kappa shape index (κ3) is 3.66. The number of ether oxygens (including phenoxy) is 1. The van der Waals surface area contributed by atoms with Gasteiger partial charge in [-0.15, -0.1) is 0 Å². The van der Waals surface area contributed by atoms with Crippen molar-refractivity contribution in [2.24, 2.45) is 0 Å². The van der Waals surface area contributed by atoms with Gasteiger partial charge in [0.2, 0.25) is 0 Å². The number of benzene rings is 2. The summed E-state index contributed by atoms with van der Waals surface area (Å²) in [6, 6.07) is 11.2. The Labute approximate surface area is 173 Å². The van der Waals surface area contributed by atoms with E-state index < -0.39 is 34.9 Å². The molecule has 9 heteroatoms. The van der Waals surface area contributed by atoms with Crippen molar-refractivity contribution in [3.8, 4) is 11.5 Å². The van der Waals surface area contributed by atoms with Crippen LogP contribution in [0.4, 0.5) is 13.2 Å². The molecule has 1 aromatic heterocycles. The number of amides is 1. The summed E-state index contributed by atoms with van der Waals surface area (Å²) < 4.78 is 44.2. The molecule has 0 aliphatic carbocycles. The summed E-state index contributed by atoms with van der Waals surface area (Å²) in [6.45, 7) is 1.88. The highest BCUT2D eigenvalue weighted by atomic mass is 35.5. The van der Waals surface area contributed by atoms with E-state index in [2.05, 4.69) is 5.32 Å². The lowest BCUT2D eigenvalue weighted by molar-refractivity contribution is -0.141. The molecule has 2 heterocycles. The Morgan fingerprint density at radius 2 is 1.73 bits per heavy atom. The number of fused-ring (bicyclic) bond motifs is 2. The van der Waals surface area contributed by atoms with Crippen molar-refractivity contribution in [2.45, 2.75) is 19.1 Å². The van der Waals surface area contributed by atoms with Gasteiger partial charge in [0.1, 0.15) is 22.8 Å². The molecule has 1 amide bonds. The quantitative estimate of drug-likeness (QED) is 0.597. The van der Waals surface area contributed by atoms with Gasteiger partial charge in [0.05, 0.1) is 6.04 Å². The summed E-state index contributed by atoms with van der Waals surface area (Å²) in [6.07, 6.45) is -4.72. The number of aromatic amines is 1. The van der Waals surface area contributed by atoms with Gasteiger partial charge in [-0.25, -0.2) is 0 Å². The van der Waals surface area contributed by atoms with Crippen LogP contribution < -0.4 is 15.6 Å². The molecule has 1 atom stereocenters. The number of carbonyl (C=O) groups is 1. The van der Waals surface area contributed by atoms with Crippen LogP contribution in [0.1, 0.15) is 38.8 Å². The maximum Gasteiger partial charge on any atom is 0.431 e. The minimum Gasteiger partial charge on any atom is -0.457 e. The summed E-state index contributed by atoms with van der Waals surface area (Å²) in [5, 5.41) is 3.16. The molecule has 4 rings (SSSR count). The van der Waals surface area contributed by atoms with Gasteiger partial charge < -0.3 is 15.0 Å². The van der Waals surface area contributed by atoms with Gasteiger partial charge >= 0.3 is 6.18 Å². The van der Waals surface area contributed by atoms with Crippen molar-refractivity contribution in [2.75, 3.05) is 0 Å².